The molecule has 1 amide bonds. The van der Waals surface area contributed by atoms with Crippen molar-refractivity contribution < 1.29 is 14.3 Å². The van der Waals surface area contributed by atoms with Crippen molar-refractivity contribution in [3.63, 3.8) is 0 Å². The Hall–Kier alpha value is -3.40. The quantitative estimate of drug-likeness (QED) is 0.421. The van der Waals surface area contributed by atoms with Crippen molar-refractivity contribution in [3.8, 4) is 5.75 Å². The van der Waals surface area contributed by atoms with Crippen molar-refractivity contribution in [2.75, 3.05) is 5.32 Å². The van der Waals surface area contributed by atoms with Crippen LogP contribution in [0.2, 0.25) is 0 Å². The van der Waals surface area contributed by atoms with E-state index in [1.165, 1.54) is 5.56 Å². The zero-order valence-electron chi connectivity index (χ0n) is 17.6. The van der Waals surface area contributed by atoms with Gasteiger partial charge in [-0.1, -0.05) is 63.2 Å². The molecule has 0 unspecified atom stereocenters. The van der Waals surface area contributed by atoms with Crippen LogP contribution in [0.3, 0.4) is 0 Å². The van der Waals surface area contributed by atoms with E-state index < -0.39 is 0 Å². The van der Waals surface area contributed by atoms with Gasteiger partial charge in [0.05, 0.1) is 0 Å². The molecule has 0 heterocycles. The molecule has 3 aromatic rings. The Kier molecular flexibility index (Phi) is 6.68. The number of ether oxygens (including phenoxy) is 1. The second-order valence-corrected chi connectivity index (χ2v) is 8.27. The number of carbonyl (C=O) groups excluding carboxylic acids is 2. The summed E-state index contributed by atoms with van der Waals surface area (Å²) >= 11 is 0. The van der Waals surface area contributed by atoms with Gasteiger partial charge in [-0.2, -0.15) is 0 Å². The Labute approximate surface area is 177 Å². The number of esters is 1. The van der Waals surface area contributed by atoms with Crippen LogP contribution in [0.5, 0.6) is 5.75 Å². The van der Waals surface area contributed by atoms with Crippen LogP contribution in [-0.2, 0) is 16.6 Å². The Morgan fingerprint density at radius 2 is 1.47 bits per heavy atom. The van der Waals surface area contributed by atoms with Crippen LogP contribution in [0.1, 0.15) is 48.7 Å². The van der Waals surface area contributed by atoms with E-state index >= 15 is 0 Å². The summed E-state index contributed by atoms with van der Waals surface area (Å²) in [7, 11) is 0. The Bertz CT molecular complexity index is 985. The molecule has 0 saturated heterocycles. The minimum Gasteiger partial charge on any atom is -0.427 e. The zero-order valence-corrected chi connectivity index (χ0v) is 17.6. The third-order valence-corrected chi connectivity index (χ3v) is 4.82. The predicted octanol–water partition coefficient (Wildman–Crippen LogP) is 5.77. The summed E-state index contributed by atoms with van der Waals surface area (Å²) in [6, 6.07) is 24.2. The van der Waals surface area contributed by atoms with Crippen LogP contribution in [0.4, 0.5) is 5.69 Å². The lowest BCUT2D eigenvalue weighted by Crippen LogP contribution is -2.12. The molecule has 0 bridgehead atoms. The number of amides is 1. The van der Waals surface area contributed by atoms with Crippen molar-refractivity contribution >= 4 is 17.6 Å². The third kappa shape index (κ3) is 6.05. The lowest BCUT2D eigenvalue weighted by molar-refractivity contribution is -0.134. The van der Waals surface area contributed by atoms with Gasteiger partial charge in [0.15, 0.2) is 0 Å². The average Bonchev–Trinajstić information content (AvgIpc) is 2.73. The van der Waals surface area contributed by atoms with Crippen LogP contribution in [0.15, 0.2) is 78.9 Å². The number of hydrogen-bond acceptors (Lipinski definition) is 3. The Morgan fingerprint density at radius 3 is 2.07 bits per heavy atom. The van der Waals surface area contributed by atoms with Gasteiger partial charge in [0.1, 0.15) is 5.75 Å². The second kappa shape index (κ2) is 9.40. The lowest BCUT2D eigenvalue weighted by atomic mass is 9.86. The van der Waals surface area contributed by atoms with Gasteiger partial charge in [0, 0.05) is 17.7 Å². The first-order chi connectivity index (χ1) is 14.3. The SMILES string of the molecule is CC(C)(C)c1ccc(CCC(=O)Oc2ccc(C(=O)Nc3ccccc3)cc2)cc1. The lowest BCUT2D eigenvalue weighted by Gasteiger charge is -2.19. The van der Waals surface area contributed by atoms with Gasteiger partial charge in [-0.25, -0.2) is 0 Å². The van der Waals surface area contributed by atoms with Gasteiger partial charge < -0.3 is 10.1 Å². The van der Waals surface area contributed by atoms with E-state index in [0.717, 1.165) is 11.3 Å². The number of para-hydroxylation sites is 1. The zero-order chi connectivity index (χ0) is 21.6. The molecule has 0 aliphatic heterocycles. The maximum Gasteiger partial charge on any atom is 0.311 e. The van der Waals surface area contributed by atoms with Crippen molar-refractivity contribution in [1.82, 2.24) is 0 Å². The highest BCUT2D eigenvalue weighted by Gasteiger charge is 2.13. The molecule has 0 aliphatic carbocycles. The molecule has 0 saturated carbocycles. The van der Waals surface area contributed by atoms with E-state index in [2.05, 4.69) is 50.4 Å². The Morgan fingerprint density at radius 1 is 0.833 bits per heavy atom. The first-order valence-corrected chi connectivity index (χ1v) is 10.1. The van der Waals surface area contributed by atoms with E-state index in [9.17, 15) is 9.59 Å². The highest BCUT2D eigenvalue weighted by molar-refractivity contribution is 6.04. The van der Waals surface area contributed by atoms with E-state index in [-0.39, 0.29) is 17.3 Å². The molecule has 3 aromatic carbocycles. The van der Waals surface area contributed by atoms with Gasteiger partial charge in [-0.05, 0) is 59.4 Å². The molecular formula is C26H27NO3. The number of hydrogen-bond donors (Lipinski definition) is 1. The first-order valence-electron chi connectivity index (χ1n) is 10.1. The van der Waals surface area contributed by atoms with E-state index in [1.807, 2.05) is 30.3 Å². The normalized spacial score (nSPS) is 11.0. The molecule has 0 radical (unpaired) electrons. The standard InChI is InChI=1S/C26H27NO3/c1-26(2,3)21-14-9-19(10-15-21)11-18-24(28)30-23-16-12-20(13-17-23)25(29)27-22-7-5-4-6-8-22/h4-10,12-17H,11,18H2,1-3H3,(H,27,29). The fourth-order valence-corrected chi connectivity index (χ4v) is 3.00. The summed E-state index contributed by atoms with van der Waals surface area (Å²) in [5, 5.41) is 2.82. The summed E-state index contributed by atoms with van der Waals surface area (Å²) in [6.45, 7) is 6.53. The van der Waals surface area contributed by atoms with Gasteiger partial charge in [-0.15, -0.1) is 0 Å². The third-order valence-electron chi connectivity index (χ3n) is 4.82. The summed E-state index contributed by atoms with van der Waals surface area (Å²) in [5.74, 6) is -0.0755. The minimum atomic E-state index is -0.295. The molecule has 0 atom stereocenters. The van der Waals surface area contributed by atoms with Crippen molar-refractivity contribution in [3.05, 3.63) is 95.6 Å². The van der Waals surface area contributed by atoms with Crippen LogP contribution in [0.25, 0.3) is 0 Å². The van der Waals surface area contributed by atoms with Crippen LogP contribution < -0.4 is 10.1 Å². The summed E-state index contributed by atoms with van der Waals surface area (Å²) in [6.07, 6.45) is 0.923. The topological polar surface area (TPSA) is 55.4 Å². The molecule has 4 heteroatoms. The first kappa shape index (κ1) is 21.3. The number of rotatable bonds is 6. The molecule has 0 spiro atoms. The predicted molar refractivity (Wildman–Crippen MR) is 120 cm³/mol. The van der Waals surface area contributed by atoms with Crippen LogP contribution >= 0.6 is 0 Å². The molecule has 0 fully saturated rings. The number of nitrogens with one attached hydrogen (secondary N) is 1. The largest absolute Gasteiger partial charge is 0.427 e. The summed E-state index contributed by atoms with van der Waals surface area (Å²) in [4.78, 5) is 24.4. The van der Waals surface area contributed by atoms with Gasteiger partial charge >= 0.3 is 5.97 Å². The summed E-state index contributed by atoms with van der Waals surface area (Å²) < 4.78 is 5.40. The minimum absolute atomic E-state index is 0.113. The Balaban J connectivity index is 1.50. The molecule has 0 aliphatic rings. The number of anilines is 1. The number of carbonyl (C=O) groups is 2. The highest BCUT2D eigenvalue weighted by Crippen LogP contribution is 2.22. The fourth-order valence-electron chi connectivity index (χ4n) is 3.00. The smallest absolute Gasteiger partial charge is 0.311 e. The number of aryl methyl sites for hydroxylation is 1. The second-order valence-electron chi connectivity index (χ2n) is 8.27. The van der Waals surface area contributed by atoms with E-state index in [4.69, 9.17) is 4.74 Å². The van der Waals surface area contributed by atoms with Gasteiger partial charge in [-0.3, -0.25) is 9.59 Å². The van der Waals surface area contributed by atoms with Gasteiger partial charge in [0.25, 0.3) is 5.91 Å². The molecule has 3 rings (SSSR count). The highest BCUT2D eigenvalue weighted by atomic mass is 16.5. The van der Waals surface area contributed by atoms with Gasteiger partial charge in [0.2, 0.25) is 0 Å². The average molecular weight is 402 g/mol. The molecular weight excluding hydrogens is 374 g/mol. The number of benzene rings is 3. The van der Waals surface area contributed by atoms with Crippen molar-refractivity contribution in [2.45, 2.75) is 39.0 Å². The van der Waals surface area contributed by atoms with E-state index in [1.54, 1.807) is 24.3 Å². The molecule has 154 valence electrons. The summed E-state index contributed by atoms with van der Waals surface area (Å²) in [5.41, 5.74) is 3.71. The maximum atomic E-state index is 12.3. The molecule has 4 nitrogen and oxygen atoms in total. The monoisotopic (exact) mass is 401 g/mol. The van der Waals surface area contributed by atoms with Crippen molar-refractivity contribution in [1.29, 1.82) is 0 Å². The maximum absolute atomic E-state index is 12.3. The van der Waals surface area contributed by atoms with Crippen LogP contribution in [-0.4, -0.2) is 11.9 Å². The fraction of sp³-hybridized carbons (Fsp3) is 0.231. The van der Waals surface area contributed by atoms with Crippen LogP contribution in [0, 0.1) is 0 Å². The molecule has 1 N–H and O–H groups in total. The van der Waals surface area contributed by atoms with E-state index in [0.29, 0.717) is 24.2 Å². The molecule has 30 heavy (non-hydrogen) atoms. The van der Waals surface area contributed by atoms with Crippen molar-refractivity contribution in [2.24, 2.45) is 0 Å². The molecule has 0 aromatic heterocycles.